The third kappa shape index (κ3) is 2.78. The maximum atomic E-state index is 11.8. The zero-order chi connectivity index (χ0) is 15.4. The highest BCUT2D eigenvalue weighted by molar-refractivity contribution is 7.13. The number of esters is 1. The Morgan fingerprint density at radius 2 is 1.67 bits per heavy atom. The summed E-state index contributed by atoms with van der Waals surface area (Å²) in [6, 6.07) is 3.44. The molecule has 0 aliphatic carbocycles. The van der Waals surface area contributed by atoms with Crippen LogP contribution >= 0.6 is 11.3 Å². The number of carbonyl (C=O) groups excluding carboxylic acids is 1. The number of rotatable bonds is 5. The lowest BCUT2D eigenvalue weighted by atomic mass is 10.1. The maximum Gasteiger partial charge on any atom is 0.358 e. The molecule has 0 radical (unpaired) electrons. The van der Waals surface area contributed by atoms with E-state index in [0.29, 0.717) is 27.7 Å². The monoisotopic (exact) mass is 309 g/mol. The summed E-state index contributed by atoms with van der Waals surface area (Å²) in [5.74, 6) is 1.14. The van der Waals surface area contributed by atoms with E-state index in [1.165, 1.54) is 32.7 Å². The number of nitrogens with zero attached hydrogens (tertiary/aromatic N) is 1. The van der Waals surface area contributed by atoms with Gasteiger partial charge < -0.3 is 18.9 Å². The Hall–Kier alpha value is -2.28. The Bertz CT molecular complexity index is 628. The second-order valence-electron chi connectivity index (χ2n) is 3.93. The van der Waals surface area contributed by atoms with Crippen LogP contribution in [0.1, 0.15) is 10.5 Å². The Morgan fingerprint density at radius 1 is 1.05 bits per heavy atom. The van der Waals surface area contributed by atoms with Crippen LogP contribution < -0.4 is 14.2 Å². The van der Waals surface area contributed by atoms with Crippen molar-refractivity contribution in [2.45, 2.75) is 0 Å². The minimum Gasteiger partial charge on any atom is -0.496 e. The third-order valence-electron chi connectivity index (χ3n) is 2.89. The minimum absolute atomic E-state index is 0.226. The lowest BCUT2D eigenvalue weighted by molar-refractivity contribution is 0.0596. The molecular weight excluding hydrogens is 294 g/mol. The van der Waals surface area contributed by atoms with Crippen LogP contribution in [-0.4, -0.2) is 39.4 Å². The van der Waals surface area contributed by atoms with Crippen molar-refractivity contribution < 1.29 is 23.7 Å². The molecule has 2 rings (SSSR count). The molecule has 0 aliphatic heterocycles. The molecule has 1 aromatic heterocycles. The van der Waals surface area contributed by atoms with Gasteiger partial charge in [0.25, 0.3) is 0 Å². The number of thiazole rings is 1. The molecule has 0 aliphatic rings. The zero-order valence-electron chi connectivity index (χ0n) is 12.1. The third-order valence-corrected chi connectivity index (χ3v) is 3.73. The summed E-state index contributed by atoms with van der Waals surface area (Å²) < 4.78 is 20.7. The molecular formula is C14H15NO5S. The van der Waals surface area contributed by atoms with E-state index in [-0.39, 0.29) is 5.69 Å². The average molecular weight is 309 g/mol. The lowest BCUT2D eigenvalue weighted by Gasteiger charge is -2.14. The van der Waals surface area contributed by atoms with Crippen LogP contribution in [0.2, 0.25) is 0 Å². The van der Waals surface area contributed by atoms with Gasteiger partial charge in [-0.1, -0.05) is 0 Å². The molecule has 2 aromatic rings. The molecule has 0 saturated carbocycles. The number of aromatic nitrogens is 1. The predicted octanol–water partition coefficient (Wildman–Crippen LogP) is 2.62. The fraction of sp³-hybridized carbons (Fsp3) is 0.286. The summed E-state index contributed by atoms with van der Waals surface area (Å²) in [5.41, 5.74) is 2.44. The molecule has 0 bridgehead atoms. The van der Waals surface area contributed by atoms with Crippen molar-refractivity contribution in [3.05, 3.63) is 23.3 Å². The summed E-state index contributed by atoms with van der Waals surface area (Å²) >= 11 is 1.31. The van der Waals surface area contributed by atoms with E-state index < -0.39 is 5.97 Å². The van der Waals surface area contributed by atoms with E-state index in [1.807, 2.05) is 0 Å². The van der Waals surface area contributed by atoms with E-state index in [2.05, 4.69) is 4.98 Å². The van der Waals surface area contributed by atoms with Crippen LogP contribution in [-0.2, 0) is 4.74 Å². The van der Waals surface area contributed by atoms with Crippen molar-refractivity contribution in [3.8, 4) is 27.7 Å². The van der Waals surface area contributed by atoms with Crippen molar-refractivity contribution in [2.24, 2.45) is 0 Å². The number of carbonyl (C=O) groups is 1. The van der Waals surface area contributed by atoms with Crippen LogP contribution in [0.15, 0.2) is 17.6 Å². The first-order valence-electron chi connectivity index (χ1n) is 5.98. The number of ether oxygens (including phenoxy) is 4. The second kappa shape index (κ2) is 6.45. The standard InChI is InChI=1S/C14H15NO5S/c1-17-8-5-9(18-2)11(10(6-8)19-3)13-12(14(16)20-4)15-7-21-13/h5-7H,1-4H3. The predicted molar refractivity (Wildman–Crippen MR) is 78.5 cm³/mol. The second-order valence-corrected chi connectivity index (χ2v) is 4.78. The van der Waals surface area contributed by atoms with E-state index >= 15 is 0 Å². The van der Waals surface area contributed by atoms with Crippen molar-refractivity contribution >= 4 is 17.3 Å². The fourth-order valence-electron chi connectivity index (χ4n) is 1.90. The molecule has 1 heterocycles. The van der Waals surface area contributed by atoms with Gasteiger partial charge in [0, 0.05) is 12.1 Å². The van der Waals surface area contributed by atoms with Crippen molar-refractivity contribution in [2.75, 3.05) is 28.4 Å². The molecule has 21 heavy (non-hydrogen) atoms. The number of hydrogen-bond donors (Lipinski definition) is 0. The highest BCUT2D eigenvalue weighted by atomic mass is 32.1. The van der Waals surface area contributed by atoms with Crippen LogP contribution in [0.25, 0.3) is 10.4 Å². The van der Waals surface area contributed by atoms with Gasteiger partial charge >= 0.3 is 5.97 Å². The Balaban J connectivity index is 2.68. The first-order chi connectivity index (χ1) is 10.2. The smallest absolute Gasteiger partial charge is 0.358 e. The summed E-state index contributed by atoms with van der Waals surface area (Å²) in [5, 5.41) is 0. The number of hydrogen-bond acceptors (Lipinski definition) is 7. The van der Waals surface area contributed by atoms with E-state index in [4.69, 9.17) is 18.9 Å². The van der Waals surface area contributed by atoms with Crippen LogP contribution in [0, 0.1) is 0 Å². The average Bonchev–Trinajstić information content (AvgIpc) is 3.01. The van der Waals surface area contributed by atoms with E-state index in [1.54, 1.807) is 24.8 Å². The molecule has 6 nitrogen and oxygen atoms in total. The fourth-order valence-corrected chi connectivity index (χ4v) is 2.73. The van der Waals surface area contributed by atoms with E-state index in [9.17, 15) is 4.79 Å². The summed E-state index contributed by atoms with van der Waals surface area (Å²) in [6.07, 6.45) is 0. The molecule has 0 N–H and O–H groups in total. The topological polar surface area (TPSA) is 66.9 Å². The van der Waals surface area contributed by atoms with Crippen LogP contribution in [0.5, 0.6) is 17.2 Å². The van der Waals surface area contributed by atoms with Gasteiger partial charge in [0.05, 0.1) is 44.4 Å². The van der Waals surface area contributed by atoms with Crippen molar-refractivity contribution in [3.63, 3.8) is 0 Å². The molecule has 0 amide bonds. The van der Waals surface area contributed by atoms with Crippen LogP contribution in [0.4, 0.5) is 0 Å². The normalized spacial score (nSPS) is 10.1. The van der Waals surface area contributed by atoms with Gasteiger partial charge in [-0.3, -0.25) is 0 Å². The number of methoxy groups -OCH3 is 4. The molecule has 0 fully saturated rings. The molecule has 0 saturated heterocycles. The van der Waals surface area contributed by atoms with Gasteiger partial charge in [-0.05, 0) is 0 Å². The molecule has 0 spiro atoms. The van der Waals surface area contributed by atoms with Gasteiger partial charge in [0.1, 0.15) is 17.2 Å². The highest BCUT2D eigenvalue weighted by Crippen LogP contribution is 2.44. The van der Waals surface area contributed by atoms with E-state index in [0.717, 1.165) is 0 Å². The van der Waals surface area contributed by atoms with Crippen molar-refractivity contribution in [1.29, 1.82) is 0 Å². The Kier molecular flexibility index (Phi) is 4.64. The molecule has 0 unspecified atom stereocenters. The van der Waals surface area contributed by atoms with Crippen molar-refractivity contribution in [1.82, 2.24) is 4.98 Å². The van der Waals surface area contributed by atoms with Gasteiger partial charge in [-0.15, -0.1) is 11.3 Å². The van der Waals surface area contributed by atoms with Gasteiger partial charge in [0.2, 0.25) is 0 Å². The van der Waals surface area contributed by atoms with Gasteiger partial charge in [0.15, 0.2) is 5.69 Å². The summed E-state index contributed by atoms with van der Waals surface area (Å²) in [4.78, 5) is 16.5. The Labute approximate surface area is 126 Å². The lowest BCUT2D eigenvalue weighted by Crippen LogP contribution is -2.04. The largest absolute Gasteiger partial charge is 0.496 e. The zero-order valence-corrected chi connectivity index (χ0v) is 12.9. The maximum absolute atomic E-state index is 11.8. The highest BCUT2D eigenvalue weighted by Gasteiger charge is 2.24. The summed E-state index contributed by atoms with van der Waals surface area (Å²) in [7, 11) is 5.95. The number of benzene rings is 1. The molecule has 7 heteroatoms. The molecule has 1 aromatic carbocycles. The SMILES string of the molecule is COC(=O)c1ncsc1-c1c(OC)cc(OC)cc1OC. The Morgan fingerprint density at radius 3 is 2.14 bits per heavy atom. The first-order valence-corrected chi connectivity index (χ1v) is 6.86. The first kappa shape index (κ1) is 15.1. The molecule has 0 atom stereocenters. The van der Waals surface area contributed by atoms with Gasteiger partial charge in [-0.25, -0.2) is 9.78 Å². The van der Waals surface area contributed by atoms with Gasteiger partial charge in [-0.2, -0.15) is 0 Å². The minimum atomic E-state index is -0.508. The summed E-state index contributed by atoms with van der Waals surface area (Å²) in [6.45, 7) is 0. The quantitative estimate of drug-likeness (QED) is 0.791. The van der Waals surface area contributed by atoms with Crippen LogP contribution in [0.3, 0.4) is 0 Å². The molecule has 112 valence electrons.